The van der Waals surface area contributed by atoms with E-state index in [4.69, 9.17) is 10.2 Å². The molecular weight excluding hydrogens is 184 g/mol. The van der Waals surface area contributed by atoms with Gasteiger partial charge < -0.3 is 20.4 Å². The summed E-state index contributed by atoms with van der Waals surface area (Å²) in [4.78, 5) is 13.3. The molecule has 0 unspecified atom stereocenters. The molecule has 0 aromatic heterocycles. The predicted molar refractivity (Wildman–Crippen MR) is 51.8 cm³/mol. The summed E-state index contributed by atoms with van der Waals surface area (Å²) in [6.07, 6.45) is 2.16. The van der Waals surface area contributed by atoms with E-state index >= 15 is 0 Å². The first-order chi connectivity index (χ1) is 6.77. The van der Waals surface area contributed by atoms with E-state index < -0.39 is 0 Å². The van der Waals surface area contributed by atoms with Gasteiger partial charge in [-0.1, -0.05) is 0 Å². The van der Waals surface area contributed by atoms with Crippen molar-refractivity contribution in [3.05, 3.63) is 0 Å². The van der Waals surface area contributed by atoms with Crippen molar-refractivity contribution < 1.29 is 15.0 Å². The Hall–Kier alpha value is -0.650. The molecule has 1 rings (SSSR count). The number of nitrogens with zero attached hydrogens (tertiary/aromatic N) is 1. The van der Waals surface area contributed by atoms with Crippen LogP contribution in [0.5, 0.6) is 0 Å². The Morgan fingerprint density at radius 3 is 2.36 bits per heavy atom. The lowest BCUT2D eigenvalue weighted by Gasteiger charge is -2.18. The fourth-order valence-electron chi connectivity index (χ4n) is 1.50. The summed E-state index contributed by atoms with van der Waals surface area (Å²) in [5.41, 5.74) is 0. The predicted octanol–water partition coefficient (Wildman–Crippen LogP) is -1.45. The minimum absolute atomic E-state index is 0.0504. The fraction of sp³-hybridized carbons (Fsp3) is 0.889. The molecule has 1 heterocycles. The normalized spacial score (nSPS) is 16.6. The number of carbonyl (C=O) groups excluding carboxylic acids is 1. The molecule has 0 aliphatic carbocycles. The molecule has 1 aliphatic heterocycles. The molecule has 0 spiro atoms. The van der Waals surface area contributed by atoms with Crippen molar-refractivity contribution in [3.8, 4) is 0 Å². The van der Waals surface area contributed by atoms with Crippen LogP contribution in [-0.2, 0) is 4.79 Å². The minimum Gasteiger partial charge on any atom is -0.395 e. The average molecular weight is 202 g/mol. The highest BCUT2D eigenvalue weighted by Crippen LogP contribution is 2.06. The number of hydrogen-bond acceptors (Lipinski definition) is 4. The van der Waals surface area contributed by atoms with Crippen molar-refractivity contribution in [1.29, 1.82) is 0 Å². The Labute approximate surface area is 83.7 Å². The van der Waals surface area contributed by atoms with Gasteiger partial charge in [0, 0.05) is 13.1 Å². The molecule has 14 heavy (non-hydrogen) atoms. The number of hydrogen-bond donors (Lipinski definition) is 3. The standard InChI is InChI=1S/C9H18N2O3/c12-6-8(7-13)10-5-9(14)11-3-1-2-4-11/h8,10,12-13H,1-7H2. The zero-order valence-electron chi connectivity index (χ0n) is 8.28. The number of aliphatic hydroxyl groups excluding tert-OH is 2. The van der Waals surface area contributed by atoms with Crippen molar-refractivity contribution in [2.45, 2.75) is 18.9 Å². The van der Waals surface area contributed by atoms with E-state index in [1.165, 1.54) is 0 Å². The van der Waals surface area contributed by atoms with Gasteiger partial charge in [0.05, 0.1) is 25.8 Å². The molecule has 0 aromatic carbocycles. The zero-order valence-corrected chi connectivity index (χ0v) is 8.28. The average Bonchev–Trinajstić information content (AvgIpc) is 2.72. The van der Waals surface area contributed by atoms with E-state index in [1.807, 2.05) is 0 Å². The summed E-state index contributed by atoms with van der Waals surface area (Å²) in [6, 6.07) is -0.387. The van der Waals surface area contributed by atoms with Crippen molar-refractivity contribution in [1.82, 2.24) is 10.2 Å². The molecular formula is C9H18N2O3. The second-order valence-corrected chi connectivity index (χ2v) is 3.53. The number of nitrogens with one attached hydrogen (secondary N) is 1. The second kappa shape index (κ2) is 5.95. The van der Waals surface area contributed by atoms with Crippen molar-refractivity contribution in [2.24, 2.45) is 0 Å². The van der Waals surface area contributed by atoms with Crippen LogP contribution in [0.1, 0.15) is 12.8 Å². The van der Waals surface area contributed by atoms with E-state index in [9.17, 15) is 4.79 Å². The molecule has 5 heteroatoms. The Bertz CT molecular complexity index is 177. The molecule has 3 N–H and O–H groups in total. The third kappa shape index (κ3) is 3.25. The molecule has 5 nitrogen and oxygen atoms in total. The van der Waals surface area contributed by atoms with Crippen LogP contribution in [-0.4, -0.2) is 59.9 Å². The van der Waals surface area contributed by atoms with Gasteiger partial charge in [-0.3, -0.25) is 4.79 Å². The summed E-state index contributed by atoms with van der Waals surface area (Å²) in [5.74, 6) is 0.0504. The van der Waals surface area contributed by atoms with Crippen LogP contribution >= 0.6 is 0 Å². The Balaban J connectivity index is 2.19. The van der Waals surface area contributed by atoms with E-state index in [1.54, 1.807) is 4.90 Å². The summed E-state index contributed by atoms with van der Waals surface area (Å²) in [7, 11) is 0. The van der Waals surface area contributed by atoms with Crippen LogP contribution in [0.4, 0.5) is 0 Å². The molecule has 0 aromatic rings. The van der Waals surface area contributed by atoms with Crippen molar-refractivity contribution in [2.75, 3.05) is 32.8 Å². The smallest absolute Gasteiger partial charge is 0.236 e. The molecule has 0 saturated carbocycles. The van der Waals surface area contributed by atoms with Crippen LogP contribution in [0.25, 0.3) is 0 Å². The van der Waals surface area contributed by atoms with Gasteiger partial charge in [0.25, 0.3) is 0 Å². The number of rotatable bonds is 5. The summed E-state index contributed by atoms with van der Waals surface area (Å²) < 4.78 is 0. The Morgan fingerprint density at radius 1 is 1.29 bits per heavy atom. The van der Waals surface area contributed by atoms with Crippen LogP contribution in [0.2, 0.25) is 0 Å². The van der Waals surface area contributed by atoms with Crippen LogP contribution in [0.15, 0.2) is 0 Å². The first-order valence-corrected chi connectivity index (χ1v) is 5.00. The second-order valence-electron chi connectivity index (χ2n) is 3.53. The first-order valence-electron chi connectivity index (χ1n) is 5.00. The highest BCUT2D eigenvalue weighted by Gasteiger charge is 2.18. The van der Waals surface area contributed by atoms with E-state index in [-0.39, 0.29) is 31.7 Å². The van der Waals surface area contributed by atoms with Crippen LogP contribution in [0, 0.1) is 0 Å². The van der Waals surface area contributed by atoms with Gasteiger partial charge in [-0.15, -0.1) is 0 Å². The lowest BCUT2D eigenvalue weighted by atomic mass is 10.3. The van der Waals surface area contributed by atoms with Crippen LogP contribution < -0.4 is 5.32 Å². The van der Waals surface area contributed by atoms with E-state index in [0.717, 1.165) is 25.9 Å². The highest BCUT2D eigenvalue weighted by molar-refractivity contribution is 5.78. The fourth-order valence-corrected chi connectivity index (χ4v) is 1.50. The van der Waals surface area contributed by atoms with Gasteiger partial charge in [0.1, 0.15) is 0 Å². The molecule has 82 valence electrons. The topological polar surface area (TPSA) is 72.8 Å². The van der Waals surface area contributed by atoms with Gasteiger partial charge >= 0.3 is 0 Å². The van der Waals surface area contributed by atoms with E-state index in [2.05, 4.69) is 5.32 Å². The number of likely N-dealkylation sites (tertiary alicyclic amines) is 1. The van der Waals surface area contributed by atoms with Crippen molar-refractivity contribution in [3.63, 3.8) is 0 Å². The summed E-state index contributed by atoms with van der Waals surface area (Å²) in [5, 5.41) is 20.3. The maximum Gasteiger partial charge on any atom is 0.236 e. The van der Waals surface area contributed by atoms with Crippen LogP contribution in [0.3, 0.4) is 0 Å². The third-order valence-corrected chi connectivity index (χ3v) is 2.44. The lowest BCUT2D eigenvalue weighted by molar-refractivity contribution is -0.129. The monoisotopic (exact) mass is 202 g/mol. The molecule has 1 amide bonds. The van der Waals surface area contributed by atoms with Gasteiger partial charge in [-0.2, -0.15) is 0 Å². The van der Waals surface area contributed by atoms with Crippen molar-refractivity contribution >= 4 is 5.91 Å². The maximum absolute atomic E-state index is 11.5. The molecule has 0 atom stereocenters. The number of amides is 1. The molecule has 0 radical (unpaired) electrons. The Morgan fingerprint density at radius 2 is 1.86 bits per heavy atom. The number of carbonyl (C=O) groups is 1. The highest BCUT2D eigenvalue weighted by atomic mass is 16.3. The van der Waals surface area contributed by atoms with Gasteiger partial charge in [0.15, 0.2) is 0 Å². The molecule has 1 fully saturated rings. The summed E-state index contributed by atoms with van der Waals surface area (Å²) in [6.45, 7) is 1.58. The van der Waals surface area contributed by atoms with Gasteiger partial charge in [-0.05, 0) is 12.8 Å². The van der Waals surface area contributed by atoms with Gasteiger partial charge in [-0.25, -0.2) is 0 Å². The molecule has 1 aliphatic rings. The quantitative estimate of drug-likeness (QED) is 0.510. The maximum atomic E-state index is 11.5. The minimum atomic E-state index is -0.387. The lowest BCUT2D eigenvalue weighted by Crippen LogP contribution is -2.43. The SMILES string of the molecule is O=C(CNC(CO)CO)N1CCCC1. The summed E-state index contributed by atoms with van der Waals surface area (Å²) >= 11 is 0. The largest absolute Gasteiger partial charge is 0.395 e. The molecule has 0 bridgehead atoms. The molecule has 1 saturated heterocycles. The first kappa shape index (κ1) is 11.4. The third-order valence-electron chi connectivity index (χ3n) is 2.44. The zero-order chi connectivity index (χ0) is 10.4. The Kier molecular flexibility index (Phi) is 4.86. The number of aliphatic hydroxyl groups is 2. The van der Waals surface area contributed by atoms with Gasteiger partial charge in [0.2, 0.25) is 5.91 Å². The van der Waals surface area contributed by atoms with E-state index in [0.29, 0.717) is 0 Å².